The standard InChI is InChI=1S/C14H17N4O2/c1-15-8-9-17(11-15)14-6-7-16(10-14)12-2-4-13(5-3-12)18(19)20/h2-5,8-9,11,14H,6-7,10H2,1H3/q+1/t14-/m0/s1. The Kier molecular flexibility index (Phi) is 3.14. The van der Waals surface area contributed by atoms with Crippen molar-refractivity contribution in [3.63, 3.8) is 0 Å². The minimum absolute atomic E-state index is 0.141. The van der Waals surface area contributed by atoms with Crippen LogP contribution in [0.5, 0.6) is 0 Å². The Balaban J connectivity index is 1.72. The lowest BCUT2D eigenvalue weighted by Crippen LogP contribution is -2.25. The molecule has 1 aromatic heterocycles. The number of hydrogen-bond acceptors (Lipinski definition) is 3. The van der Waals surface area contributed by atoms with Gasteiger partial charge in [-0.15, -0.1) is 0 Å². The van der Waals surface area contributed by atoms with Crippen LogP contribution in [0.15, 0.2) is 43.0 Å². The predicted molar refractivity (Wildman–Crippen MR) is 74.6 cm³/mol. The third kappa shape index (κ3) is 2.36. The van der Waals surface area contributed by atoms with Crippen LogP contribution >= 0.6 is 0 Å². The lowest BCUT2D eigenvalue weighted by Gasteiger charge is -2.17. The Morgan fingerprint density at radius 1 is 1.35 bits per heavy atom. The summed E-state index contributed by atoms with van der Waals surface area (Å²) in [6.07, 6.45) is 7.30. The van der Waals surface area contributed by atoms with Crippen molar-refractivity contribution in [3.8, 4) is 0 Å². The van der Waals surface area contributed by atoms with Crippen molar-refractivity contribution < 1.29 is 9.49 Å². The predicted octanol–water partition coefficient (Wildman–Crippen LogP) is 1.67. The lowest BCUT2D eigenvalue weighted by atomic mass is 10.2. The average molecular weight is 273 g/mol. The largest absolute Gasteiger partial charge is 0.367 e. The normalized spacial score (nSPS) is 18.4. The molecule has 1 aliphatic heterocycles. The summed E-state index contributed by atoms with van der Waals surface area (Å²) in [5.41, 5.74) is 1.19. The molecule has 2 heterocycles. The van der Waals surface area contributed by atoms with Gasteiger partial charge >= 0.3 is 0 Å². The molecule has 0 aliphatic carbocycles. The topological polar surface area (TPSA) is 55.2 Å². The summed E-state index contributed by atoms with van der Waals surface area (Å²) in [7, 11) is 2.01. The second-order valence-electron chi connectivity index (χ2n) is 5.19. The summed E-state index contributed by atoms with van der Waals surface area (Å²) in [4.78, 5) is 12.6. The number of imidazole rings is 1. The molecule has 6 heteroatoms. The average Bonchev–Trinajstić information content (AvgIpc) is 3.07. The molecular weight excluding hydrogens is 256 g/mol. The number of nitro groups is 1. The van der Waals surface area contributed by atoms with Crippen LogP contribution in [0.1, 0.15) is 12.5 Å². The summed E-state index contributed by atoms with van der Waals surface area (Å²) in [5, 5.41) is 10.7. The van der Waals surface area contributed by atoms with Gasteiger partial charge in [-0.1, -0.05) is 0 Å². The Labute approximate surface area is 117 Å². The first kappa shape index (κ1) is 12.7. The molecule has 1 saturated heterocycles. The number of anilines is 1. The van der Waals surface area contributed by atoms with Crippen molar-refractivity contribution in [3.05, 3.63) is 53.1 Å². The van der Waals surface area contributed by atoms with E-state index in [9.17, 15) is 10.1 Å². The second-order valence-corrected chi connectivity index (χ2v) is 5.19. The van der Waals surface area contributed by atoms with E-state index in [2.05, 4.69) is 22.0 Å². The molecular formula is C14H17N4O2+. The zero-order valence-electron chi connectivity index (χ0n) is 11.3. The van der Waals surface area contributed by atoms with Crippen LogP contribution in [0.2, 0.25) is 0 Å². The zero-order chi connectivity index (χ0) is 14.1. The van der Waals surface area contributed by atoms with Crippen LogP contribution in [0.4, 0.5) is 11.4 Å². The fourth-order valence-corrected chi connectivity index (χ4v) is 2.69. The first-order valence-electron chi connectivity index (χ1n) is 6.65. The highest BCUT2D eigenvalue weighted by atomic mass is 16.6. The zero-order valence-corrected chi connectivity index (χ0v) is 11.3. The van der Waals surface area contributed by atoms with Gasteiger partial charge in [0.2, 0.25) is 6.33 Å². The molecule has 3 rings (SSSR count). The summed E-state index contributed by atoms with van der Waals surface area (Å²) < 4.78 is 4.26. The summed E-state index contributed by atoms with van der Waals surface area (Å²) in [6.45, 7) is 1.91. The molecule has 6 nitrogen and oxygen atoms in total. The van der Waals surface area contributed by atoms with Gasteiger partial charge < -0.3 is 4.90 Å². The molecule has 0 radical (unpaired) electrons. The maximum atomic E-state index is 10.7. The van der Waals surface area contributed by atoms with Crippen LogP contribution in [0.3, 0.4) is 0 Å². The first-order chi connectivity index (χ1) is 9.63. The lowest BCUT2D eigenvalue weighted by molar-refractivity contribution is -0.671. The molecule has 104 valence electrons. The van der Waals surface area contributed by atoms with Gasteiger partial charge in [0.1, 0.15) is 18.4 Å². The number of hydrogen-bond donors (Lipinski definition) is 0. The van der Waals surface area contributed by atoms with Crippen molar-refractivity contribution in [2.24, 2.45) is 7.05 Å². The Bertz CT molecular complexity index is 620. The van der Waals surface area contributed by atoms with E-state index in [1.807, 2.05) is 29.9 Å². The van der Waals surface area contributed by atoms with Crippen LogP contribution in [0, 0.1) is 10.1 Å². The highest BCUT2D eigenvalue weighted by Crippen LogP contribution is 2.27. The molecule has 0 amide bonds. The van der Waals surface area contributed by atoms with Gasteiger partial charge in [-0.25, -0.2) is 9.13 Å². The minimum atomic E-state index is -0.365. The molecule has 0 spiro atoms. The third-order valence-electron chi connectivity index (χ3n) is 3.80. The molecule has 1 atom stereocenters. The van der Waals surface area contributed by atoms with E-state index in [-0.39, 0.29) is 10.6 Å². The molecule has 1 aliphatic rings. The minimum Gasteiger partial charge on any atom is -0.367 e. The van der Waals surface area contributed by atoms with E-state index in [0.29, 0.717) is 6.04 Å². The highest BCUT2D eigenvalue weighted by Gasteiger charge is 2.27. The Hall–Kier alpha value is -2.37. The summed E-state index contributed by atoms with van der Waals surface area (Å²) in [5.74, 6) is 0. The number of non-ortho nitro benzene ring substituents is 1. The Morgan fingerprint density at radius 2 is 2.10 bits per heavy atom. The molecule has 20 heavy (non-hydrogen) atoms. The fourth-order valence-electron chi connectivity index (χ4n) is 2.69. The van der Waals surface area contributed by atoms with Crippen molar-refractivity contribution in [1.82, 2.24) is 4.57 Å². The molecule has 1 fully saturated rings. The van der Waals surface area contributed by atoms with Crippen LogP contribution in [-0.2, 0) is 7.05 Å². The highest BCUT2D eigenvalue weighted by molar-refractivity contribution is 5.51. The molecule has 0 saturated carbocycles. The van der Waals surface area contributed by atoms with E-state index in [1.54, 1.807) is 12.1 Å². The summed E-state index contributed by atoms with van der Waals surface area (Å²) >= 11 is 0. The van der Waals surface area contributed by atoms with Crippen LogP contribution in [-0.4, -0.2) is 22.6 Å². The number of aryl methyl sites for hydroxylation is 1. The van der Waals surface area contributed by atoms with Crippen molar-refractivity contribution in [1.29, 1.82) is 0 Å². The maximum Gasteiger partial charge on any atom is 0.269 e. The van der Waals surface area contributed by atoms with Gasteiger partial charge in [-0.3, -0.25) is 10.1 Å². The van der Waals surface area contributed by atoms with Gasteiger partial charge in [0.25, 0.3) is 5.69 Å². The van der Waals surface area contributed by atoms with E-state index in [4.69, 9.17) is 0 Å². The van der Waals surface area contributed by atoms with Gasteiger partial charge in [0.05, 0.1) is 18.5 Å². The quantitative estimate of drug-likeness (QED) is 0.485. The van der Waals surface area contributed by atoms with E-state index in [0.717, 1.165) is 25.2 Å². The van der Waals surface area contributed by atoms with E-state index >= 15 is 0 Å². The number of benzene rings is 1. The summed E-state index contributed by atoms with van der Waals surface area (Å²) in [6, 6.07) is 7.26. The fraction of sp³-hybridized carbons (Fsp3) is 0.357. The van der Waals surface area contributed by atoms with Crippen LogP contribution < -0.4 is 9.47 Å². The van der Waals surface area contributed by atoms with Crippen LogP contribution in [0.25, 0.3) is 0 Å². The van der Waals surface area contributed by atoms with Crippen molar-refractivity contribution >= 4 is 11.4 Å². The number of rotatable bonds is 3. The number of aromatic nitrogens is 2. The maximum absolute atomic E-state index is 10.7. The van der Waals surface area contributed by atoms with Crippen molar-refractivity contribution in [2.75, 3.05) is 18.0 Å². The molecule has 2 aromatic rings. The Morgan fingerprint density at radius 3 is 2.70 bits per heavy atom. The SMILES string of the molecule is C[n+]1ccn([C@H]2CCN(c3ccc([N+](=O)[O-])cc3)C2)c1. The number of nitro benzene ring substituents is 1. The van der Waals surface area contributed by atoms with Gasteiger partial charge in [-0.05, 0) is 12.1 Å². The monoisotopic (exact) mass is 273 g/mol. The molecule has 0 unspecified atom stereocenters. The number of nitrogens with zero attached hydrogens (tertiary/aromatic N) is 4. The van der Waals surface area contributed by atoms with Gasteiger partial charge in [-0.2, -0.15) is 0 Å². The first-order valence-corrected chi connectivity index (χ1v) is 6.65. The van der Waals surface area contributed by atoms with E-state index < -0.39 is 0 Å². The van der Waals surface area contributed by atoms with Gasteiger partial charge in [0, 0.05) is 30.8 Å². The molecule has 0 bridgehead atoms. The van der Waals surface area contributed by atoms with Crippen molar-refractivity contribution in [2.45, 2.75) is 12.5 Å². The smallest absolute Gasteiger partial charge is 0.269 e. The molecule has 1 aromatic carbocycles. The second kappa shape index (κ2) is 4.96. The third-order valence-corrected chi connectivity index (χ3v) is 3.80. The van der Waals surface area contributed by atoms with E-state index in [1.165, 1.54) is 0 Å². The van der Waals surface area contributed by atoms with Gasteiger partial charge in [0.15, 0.2) is 0 Å². The molecule has 0 N–H and O–H groups in total.